The van der Waals surface area contributed by atoms with Crippen molar-refractivity contribution in [1.82, 2.24) is 34.7 Å². The Labute approximate surface area is 214 Å². The molecule has 1 fully saturated rings. The van der Waals surface area contributed by atoms with Crippen molar-refractivity contribution in [3.8, 4) is 17.4 Å². The predicted molar refractivity (Wildman–Crippen MR) is 130 cm³/mol. The van der Waals surface area contributed by atoms with Crippen molar-refractivity contribution in [2.24, 2.45) is 5.41 Å². The summed E-state index contributed by atoms with van der Waals surface area (Å²) < 4.78 is 45.3. The highest BCUT2D eigenvalue weighted by molar-refractivity contribution is 7.91. The van der Waals surface area contributed by atoms with Crippen LogP contribution < -0.4 is 9.47 Å². The second kappa shape index (κ2) is 9.87. The molecule has 1 unspecified atom stereocenters. The van der Waals surface area contributed by atoms with Crippen molar-refractivity contribution < 1.29 is 22.6 Å². The normalized spacial score (nSPS) is 18.5. The number of rotatable bonds is 10. The van der Waals surface area contributed by atoms with Gasteiger partial charge in [0.15, 0.2) is 27.2 Å². The summed E-state index contributed by atoms with van der Waals surface area (Å²) in [6.07, 6.45) is 4.04. The summed E-state index contributed by atoms with van der Waals surface area (Å²) in [5.41, 5.74) is 0.324. The molecule has 0 amide bonds. The predicted octanol–water partition coefficient (Wildman–Crippen LogP) is 2.72. The molecule has 0 N–H and O–H groups in total. The summed E-state index contributed by atoms with van der Waals surface area (Å²) in [7, 11) is 0.472. The van der Waals surface area contributed by atoms with Crippen LogP contribution in [-0.2, 0) is 20.3 Å². The third-order valence-electron chi connectivity index (χ3n) is 6.42. The van der Waals surface area contributed by atoms with E-state index in [1.165, 1.54) is 40.1 Å². The lowest BCUT2D eigenvalue weighted by Gasteiger charge is -2.22. The van der Waals surface area contributed by atoms with E-state index in [1.54, 1.807) is 11.5 Å². The molecule has 3 aromatic rings. The zero-order valence-electron chi connectivity index (χ0n) is 20.8. The van der Waals surface area contributed by atoms with Crippen molar-refractivity contribution in [2.45, 2.75) is 50.2 Å². The van der Waals surface area contributed by atoms with Gasteiger partial charge in [-0.1, -0.05) is 25.4 Å². The van der Waals surface area contributed by atoms with E-state index < -0.39 is 26.9 Å². The fourth-order valence-corrected chi connectivity index (χ4v) is 5.63. The minimum absolute atomic E-state index is 0.0165. The fraction of sp³-hybridized carbons (Fsp3) is 0.545. The number of ether oxygens (including phenoxy) is 3. The Morgan fingerprint density at radius 1 is 1.08 bits per heavy atom. The SMILES string of the molecule is COc1ncnc(OC)c1-n1c(CS(=O)(=O)[C@@H](C)[C@H](OC)c2ncc(Cl)cn2)nnc1C1CC1(C)C. The Morgan fingerprint density at radius 3 is 2.17 bits per heavy atom. The Balaban J connectivity index is 1.78. The van der Waals surface area contributed by atoms with Crippen LogP contribution in [0.1, 0.15) is 56.7 Å². The number of halogens is 1. The summed E-state index contributed by atoms with van der Waals surface area (Å²) in [6, 6.07) is 0. The number of hydrogen-bond donors (Lipinski definition) is 0. The van der Waals surface area contributed by atoms with Gasteiger partial charge in [-0.2, -0.15) is 9.97 Å². The highest BCUT2D eigenvalue weighted by atomic mass is 35.5. The van der Waals surface area contributed by atoms with Gasteiger partial charge in [0.05, 0.1) is 24.5 Å². The molecule has 14 heteroatoms. The van der Waals surface area contributed by atoms with E-state index >= 15 is 0 Å². The van der Waals surface area contributed by atoms with Crippen LogP contribution in [0.4, 0.5) is 0 Å². The Bertz CT molecular complexity index is 1330. The average Bonchev–Trinajstić information content (AvgIpc) is 3.30. The van der Waals surface area contributed by atoms with Crippen LogP contribution in [0, 0.1) is 5.41 Å². The van der Waals surface area contributed by atoms with Gasteiger partial charge in [0.2, 0.25) is 11.8 Å². The number of sulfone groups is 1. The van der Waals surface area contributed by atoms with E-state index in [0.717, 1.165) is 6.42 Å². The molecule has 0 bridgehead atoms. The summed E-state index contributed by atoms with van der Waals surface area (Å²) in [5, 5.41) is 8.00. The van der Waals surface area contributed by atoms with Crippen molar-refractivity contribution in [3.63, 3.8) is 0 Å². The van der Waals surface area contributed by atoms with Gasteiger partial charge < -0.3 is 14.2 Å². The smallest absolute Gasteiger partial charge is 0.245 e. The van der Waals surface area contributed by atoms with Crippen LogP contribution in [0.25, 0.3) is 5.69 Å². The van der Waals surface area contributed by atoms with Crippen LogP contribution in [-0.4, -0.2) is 69.7 Å². The van der Waals surface area contributed by atoms with E-state index in [9.17, 15) is 8.42 Å². The highest BCUT2D eigenvalue weighted by Crippen LogP contribution is 2.58. The second-order valence-electron chi connectivity index (χ2n) is 9.22. The van der Waals surface area contributed by atoms with E-state index in [4.69, 9.17) is 25.8 Å². The molecule has 0 aliphatic heterocycles. The fourth-order valence-electron chi connectivity index (χ4n) is 4.11. The molecule has 12 nitrogen and oxygen atoms in total. The summed E-state index contributed by atoms with van der Waals surface area (Å²) in [4.78, 5) is 16.7. The molecule has 3 aromatic heterocycles. The van der Waals surface area contributed by atoms with E-state index in [2.05, 4.69) is 44.0 Å². The first-order chi connectivity index (χ1) is 17.0. The maximum atomic E-state index is 13.6. The first-order valence-corrected chi connectivity index (χ1v) is 13.2. The molecule has 0 radical (unpaired) electrons. The monoisotopic (exact) mass is 537 g/mol. The number of methoxy groups -OCH3 is 3. The summed E-state index contributed by atoms with van der Waals surface area (Å²) in [5.74, 6) is 1.01. The summed E-state index contributed by atoms with van der Waals surface area (Å²) >= 11 is 5.88. The topological polar surface area (TPSA) is 144 Å². The van der Waals surface area contributed by atoms with E-state index in [0.29, 0.717) is 16.5 Å². The Hall–Kier alpha value is -2.90. The molecular formula is C22H28ClN7O5S. The van der Waals surface area contributed by atoms with Crippen molar-refractivity contribution in [1.29, 1.82) is 0 Å². The first-order valence-electron chi connectivity index (χ1n) is 11.1. The Morgan fingerprint density at radius 2 is 1.67 bits per heavy atom. The maximum absolute atomic E-state index is 13.6. The van der Waals surface area contributed by atoms with Crippen LogP contribution in [0.3, 0.4) is 0 Å². The quantitative estimate of drug-likeness (QED) is 0.376. The maximum Gasteiger partial charge on any atom is 0.245 e. The van der Waals surface area contributed by atoms with Gasteiger partial charge in [-0.05, 0) is 18.8 Å². The van der Waals surface area contributed by atoms with Gasteiger partial charge in [-0.3, -0.25) is 4.57 Å². The molecule has 4 rings (SSSR count). The second-order valence-corrected chi connectivity index (χ2v) is 12.0. The van der Waals surface area contributed by atoms with Crippen LogP contribution in [0.5, 0.6) is 11.8 Å². The molecule has 0 spiro atoms. The Kier molecular flexibility index (Phi) is 7.17. The molecule has 194 valence electrons. The molecule has 1 aliphatic carbocycles. The third-order valence-corrected chi connectivity index (χ3v) is 8.65. The highest BCUT2D eigenvalue weighted by Gasteiger charge is 2.50. The lowest BCUT2D eigenvalue weighted by molar-refractivity contribution is 0.0948. The average molecular weight is 538 g/mol. The van der Waals surface area contributed by atoms with Gasteiger partial charge in [-0.25, -0.2) is 18.4 Å². The number of aromatic nitrogens is 7. The van der Waals surface area contributed by atoms with E-state index in [1.807, 2.05) is 0 Å². The molecule has 1 aliphatic rings. The van der Waals surface area contributed by atoms with E-state index in [-0.39, 0.29) is 34.7 Å². The van der Waals surface area contributed by atoms with Crippen molar-refractivity contribution >= 4 is 21.4 Å². The van der Waals surface area contributed by atoms with Gasteiger partial charge >= 0.3 is 0 Å². The molecule has 3 atom stereocenters. The molecule has 36 heavy (non-hydrogen) atoms. The minimum Gasteiger partial charge on any atom is -0.479 e. The lowest BCUT2D eigenvalue weighted by Crippen LogP contribution is -2.30. The lowest BCUT2D eigenvalue weighted by atomic mass is 10.1. The van der Waals surface area contributed by atoms with Gasteiger partial charge in [-0.15, -0.1) is 10.2 Å². The molecule has 0 aromatic carbocycles. The van der Waals surface area contributed by atoms with Gasteiger partial charge in [0.25, 0.3) is 0 Å². The van der Waals surface area contributed by atoms with Crippen molar-refractivity contribution in [3.05, 3.63) is 41.2 Å². The van der Waals surface area contributed by atoms with Gasteiger partial charge in [0.1, 0.15) is 24.0 Å². The standard InChI is InChI=1S/C22H28ClN7O5S/c1-12(17(33-4)18-24-8-13(23)9-25-18)36(31,32)10-15-28-29-19(14-7-22(14,2)3)30(15)16-20(34-5)26-11-27-21(16)35-6/h8-9,11-12,14,17H,7,10H2,1-6H3/t12-,14?,17-/m0/s1. The minimum atomic E-state index is -3.86. The van der Waals surface area contributed by atoms with Crippen molar-refractivity contribution in [2.75, 3.05) is 21.3 Å². The molecular weight excluding hydrogens is 510 g/mol. The van der Waals surface area contributed by atoms with Gasteiger partial charge in [0, 0.05) is 25.4 Å². The molecule has 1 saturated carbocycles. The molecule has 3 heterocycles. The number of hydrogen-bond acceptors (Lipinski definition) is 11. The van der Waals surface area contributed by atoms with Crippen LogP contribution in [0.15, 0.2) is 18.7 Å². The van der Waals surface area contributed by atoms with Crippen LogP contribution in [0.2, 0.25) is 5.02 Å². The summed E-state index contributed by atoms with van der Waals surface area (Å²) in [6.45, 7) is 5.76. The third kappa shape index (κ3) is 4.87. The first kappa shape index (κ1) is 26.2. The zero-order valence-corrected chi connectivity index (χ0v) is 22.4. The number of nitrogens with zero attached hydrogens (tertiary/aromatic N) is 7. The molecule has 0 saturated heterocycles. The largest absolute Gasteiger partial charge is 0.479 e. The van der Waals surface area contributed by atoms with Crippen LogP contribution >= 0.6 is 11.6 Å². The zero-order chi connectivity index (χ0) is 26.3.